The number of alkyl halides is 1. The SMILES string of the molecule is O=C(O)CC(Cl)c1ccc(-c2ccccc2)cc1. The third-order valence-corrected chi connectivity index (χ3v) is 3.14. The van der Waals surface area contributed by atoms with Crippen molar-refractivity contribution in [2.75, 3.05) is 0 Å². The number of carboxylic acid groups (broad SMARTS) is 1. The molecule has 2 aromatic rings. The van der Waals surface area contributed by atoms with Gasteiger partial charge in [-0.15, -0.1) is 11.6 Å². The quantitative estimate of drug-likeness (QED) is 0.840. The summed E-state index contributed by atoms with van der Waals surface area (Å²) in [5.41, 5.74) is 3.06. The highest BCUT2D eigenvalue weighted by atomic mass is 35.5. The van der Waals surface area contributed by atoms with E-state index in [1.807, 2.05) is 54.6 Å². The van der Waals surface area contributed by atoms with E-state index in [4.69, 9.17) is 16.7 Å². The molecule has 1 N–H and O–H groups in total. The van der Waals surface area contributed by atoms with Gasteiger partial charge in [0.25, 0.3) is 0 Å². The third kappa shape index (κ3) is 3.11. The van der Waals surface area contributed by atoms with Crippen LogP contribution in [0.3, 0.4) is 0 Å². The molecule has 0 amide bonds. The van der Waals surface area contributed by atoms with Crippen LogP contribution in [0.25, 0.3) is 11.1 Å². The molecule has 0 saturated carbocycles. The predicted octanol–water partition coefficient (Wildman–Crippen LogP) is 4.11. The summed E-state index contributed by atoms with van der Waals surface area (Å²) in [6, 6.07) is 17.7. The van der Waals surface area contributed by atoms with Gasteiger partial charge in [-0.3, -0.25) is 4.79 Å². The van der Waals surface area contributed by atoms with Crippen molar-refractivity contribution in [2.45, 2.75) is 11.8 Å². The first-order valence-electron chi connectivity index (χ1n) is 5.68. The number of halogens is 1. The van der Waals surface area contributed by atoms with E-state index < -0.39 is 11.3 Å². The number of benzene rings is 2. The Labute approximate surface area is 111 Å². The molecule has 0 saturated heterocycles. The van der Waals surface area contributed by atoms with Gasteiger partial charge in [-0.25, -0.2) is 0 Å². The van der Waals surface area contributed by atoms with Gasteiger partial charge in [0, 0.05) is 0 Å². The number of rotatable bonds is 4. The first-order valence-corrected chi connectivity index (χ1v) is 6.11. The summed E-state index contributed by atoms with van der Waals surface area (Å²) in [5, 5.41) is 8.21. The molecule has 0 aliphatic rings. The van der Waals surface area contributed by atoms with Gasteiger partial charge >= 0.3 is 5.97 Å². The number of hydrogen-bond donors (Lipinski definition) is 1. The van der Waals surface area contributed by atoms with E-state index in [2.05, 4.69) is 0 Å². The minimum absolute atomic E-state index is 0.0633. The molecule has 0 aliphatic heterocycles. The highest BCUT2D eigenvalue weighted by Gasteiger charge is 2.12. The van der Waals surface area contributed by atoms with Gasteiger partial charge < -0.3 is 5.11 Å². The summed E-state index contributed by atoms with van der Waals surface area (Å²) >= 11 is 6.02. The zero-order valence-electron chi connectivity index (χ0n) is 9.71. The van der Waals surface area contributed by atoms with E-state index >= 15 is 0 Å². The van der Waals surface area contributed by atoms with Crippen LogP contribution in [0.5, 0.6) is 0 Å². The maximum atomic E-state index is 10.6. The van der Waals surface area contributed by atoms with E-state index in [0.29, 0.717) is 0 Å². The van der Waals surface area contributed by atoms with Crippen molar-refractivity contribution in [3.63, 3.8) is 0 Å². The molecule has 0 fully saturated rings. The van der Waals surface area contributed by atoms with Crippen LogP contribution in [0.1, 0.15) is 17.4 Å². The van der Waals surface area contributed by atoms with Crippen LogP contribution < -0.4 is 0 Å². The van der Waals surface area contributed by atoms with Crippen molar-refractivity contribution in [1.29, 1.82) is 0 Å². The highest BCUT2D eigenvalue weighted by Crippen LogP contribution is 2.27. The Morgan fingerprint density at radius 3 is 2.11 bits per heavy atom. The lowest BCUT2D eigenvalue weighted by molar-refractivity contribution is -0.137. The fourth-order valence-corrected chi connectivity index (χ4v) is 2.06. The Kier molecular flexibility index (Phi) is 4.00. The van der Waals surface area contributed by atoms with Gasteiger partial charge in [-0.1, -0.05) is 54.6 Å². The maximum Gasteiger partial charge on any atom is 0.305 e. The fraction of sp³-hybridized carbons (Fsp3) is 0.133. The molecule has 0 aliphatic carbocycles. The summed E-state index contributed by atoms with van der Waals surface area (Å²) in [6.07, 6.45) is -0.0633. The van der Waals surface area contributed by atoms with Crippen molar-refractivity contribution in [3.8, 4) is 11.1 Å². The van der Waals surface area contributed by atoms with E-state index in [1.54, 1.807) is 0 Å². The zero-order chi connectivity index (χ0) is 13.0. The Morgan fingerprint density at radius 2 is 1.56 bits per heavy atom. The second-order valence-corrected chi connectivity index (χ2v) is 4.58. The number of carbonyl (C=O) groups is 1. The van der Waals surface area contributed by atoms with Gasteiger partial charge in [-0.05, 0) is 16.7 Å². The van der Waals surface area contributed by atoms with Gasteiger partial charge in [-0.2, -0.15) is 0 Å². The fourth-order valence-electron chi connectivity index (χ4n) is 1.79. The van der Waals surface area contributed by atoms with Gasteiger partial charge in [0.15, 0.2) is 0 Å². The van der Waals surface area contributed by atoms with Crippen LogP contribution in [0.2, 0.25) is 0 Å². The average Bonchev–Trinajstić information content (AvgIpc) is 2.39. The van der Waals surface area contributed by atoms with E-state index in [9.17, 15) is 4.79 Å². The van der Waals surface area contributed by atoms with E-state index in [0.717, 1.165) is 16.7 Å². The summed E-state index contributed by atoms with van der Waals surface area (Å²) in [4.78, 5) is 10.6. The van der Waals surface area contributed by atoms with E-state index in [-0.39, 0.29) is 6.42 Å². The Morgan fingerprint density at radius 1 is 1.00 bits per heavy atom. The van der Waals surface area contributed by atoms with Crippen molar-refractivity contribution in [2.24, 2.45) is 0 Å². The van der Waals surface area contributed by atoms with Crippen LogP contribution in [-0.4, -0.2) is 11.1 Å². The lowest BCUT2D eigenvalue weighted by Gasteiger charge is -2.08. The molecular weight excluding hydrogens is 248 g/mol. The molecule has 0 aromatic heterocycles. The smallest absolute Gasteiger partial charge is 0.305 e. The molecule has 0 bridgehead atoms. The number of hydrogen-bond acceptors (Lipinski definition) is 1. The van der Waals surface area contributed by atoms with Crippen LogP contribution in [0.15, 0.2) is 54.6 Å². The molecule has 92 valence electrons. The lowest BCUT2D eigenvalue weighted by Crippen LogP contribution is -2.00. The minimum Gasteiger partial charge on any atom is -0.481 e. The molecule has 2 nitrogen and oxygen atoms in total. The van der Waals surface area contributed by atoms with E-state index in [1.165, 1.54) is 0 Å². The Balaban J connectivity index is 2.18. The van der Waals surface area contributed by atoms with Crippen LogP contribution in [-0.2, 0) is 4.79 Å². The molecule has 18 heavy (non-hydrogen) atoms. The minimum atomic E-state index is -0.887. The van der Waals surface area contributed by atoms with Crippen molar-refractivity contribution < 1.29 is 9.90 Å². The molecule has 0 radical (unpaired) electrons. The molecular formula is C15H13ClO2. The molecule has 2 rings (SSSR count). The second kappa shape index (κ2) is 5.69. The Bertz CT molecular complexity index is 520. The lowest BCUT2D eigenvalue weighted by atomic mass is 10.0. The molecule has 2 aromatic carbocycles. The summed E-state index contributed by atoms with van der Waals surface area (Å²) in [7, 11) is 0. The van der Waals surface area contributed by atoms with Gasteiger partial charge in [0.1, 0.15) is 0 Å². The summed E-state index contributed by atoms with van der Waals surface area (Å²) in [5.74, 6) is -0.887. The standard InChI is InChI=1S/C15H13ClO2/c16-14(10-15(17)18)13-8-6-12(7-9-13)11-4-2-1-3-5-11/h1-9,14H,10H2,(H,17,18). The topological polar surface area (TPSA) is 37.3 Å². The monoisotopic (exact) mass is 260 g/mol. The third-order valence-electron chi connectivity index (χ3n) is 2.73. The van der Waals surface area contributed by atoms with Crippen molar-refractivity contribution in [3.05, 3.63) is 60.2 Å². The van der Waals surface area contributed by atoms with Crippen LogP contribution >= 0.6 is 11.6 Å². The van der Waals surface area contributed by atoms with Crippen molar-refractivity contribution >= 4 is 17.6 Å². The number of carboxylic acids is 1. The van der Waals surface area contributed by atoms with Crippen molar-refractivity contribution in [1.82, 2.24) is 0 Å². The van der Waals surface area contributed by atoms with Gasteiger partial charge in [0.05, 0.1) is 11.8 Å². The second-order valence-electron chi connectivity index (χ2n) is 4.05. The highest BCUT2D eigenvalue weighted by molar-refractivity contribution is 6.21. The summed E-state index contributed by atoms with van der Waals surface area (Å²) in [6.45, 7) is 0. The van der Waals surface area contributed by atoms with Gasteiger partial charge in [0.2, 0.25) is 0 Å². The molecule has 0 heterocycles. The first-order chi connectivity index (χ1) is 8.66. The molecule has 3 heteroatoms. The first kappa shape index (κ1) is 12.7. The van der Waals surface area contributed by atoms with Crippen LogP contribution in [0.4, 0.5) is 0 Å². The molecule has 0 spiro atoms. The van der Waals surface area contributed by atoms with Crippen LogP contribution in [0, 0.1) is 0 Å². The summed E-state index contributed by atoms with van der Waals surface area (Å²) < 4.78 is 0. The maximum absolute atomic E-state index is 10.6. The number of aliphatic carboxylic acids is 1. The largest absolute Gasteiger partial charge is 0.481 e. The average molecular weight is 261 g/mol. The Hall–Kier alpha value is -1.80. The normalized spacial score (nSPS) is 12.1. The predicted molar refractivity (Wildman–Crippen MR) is 72.7 cm³/mol. The zero-order valence-corrected chi connectivity index (χ0v) is 10.5. The molecule has 1 unspecified atom stereocenters. The molecule has 1 atom stereocenters.